The zero-order chi connectivity index (χ0) is 11.3. The molecule has 5 nitrogen and oxygen atoms in total. The summed E-state index contributed by atoms with van der Waals surface area (Å²) < 4.78 is 5.17. The maximum Gasteiger partial charge on any atom is 0.245 e. The maximum absolute atomic E-state index is 11.6. The van der Waals surface area contributed by atoms with Gasteiger partial charge in [0.25, 0.3) is 0 Å². The number of nitrogens with zero attached hydrogens (tertiary/aromatic N) is 1. The lowest BCUT2D eigenvalue weighted by Crippen LogP contribution is -2.56. The third-order valence-corrected chi connectivity index (χ3v) is 2.31. The molecule has 15 heavy (non-hydrogen) atoms. The molecular formula is C10H18N2O3. The Balaban J connectivity index is 2.32. The van der Waals surface area contributed by atoms with Gasteiger partial charge in [0.05, 0.1) is 6.54 Å². The number of amides is 2. The molecule has 0 bridgehead atoms. The van der Waals surface area contributed by atoms with Gasteiger partial charge in [-0.25, -0.2) is 0 Å². The van der Waals surface area contributed by atoms with Gasteiger partial charge in [0.1, 0.15) is 6.04 Å². The number of ether oxygens (including phenoxy) is 1. The van der Waals surface area contributed by atoms with Crippen LogP contribution >= 0.6 is 0 Å². The van der Waals surface area contributed by atoms with Gasteiger partial charge in [-0.1, -0.05) is 0 Å². The first-order chi connectivity index (χ1) is 7.15. The van der Waals surface area contributed by atoms with Crippen molar-refractivity contribution in [2.24, 2.45) is 0 Å². The van der Waals surface area contributed by atoms with Crippen LogP contribution in [0.15, 0.2) is 0 Å². The lowest BCUT2D eigenvalue weighted by molar-refractivity contribution is -0.143. The summed E-state index contributed by atoms with van der Waals surface area (Å²) in [6, 6.07) is -0.390. The number of rotatable bonds is 5. The van der Waals surface area contributed by atoms with Crippen LogP contribution in [-0.4, -0.2) is 49.1 Å². The van der Waals surface area contributed by atoms with E-state index in [-0.39, 0.29) is 18.4 Å². The Morgan fingerprint density at radius 2 is 2.27 bits per heavy atom. The summed E-state index contributed by atoms with van der Waals surface area (Å²) in [6.07, 6.45) is 0.777. The molecule has 1 fully saturated rings. The van der Waals surface area contributed by atoms with Crippen LogP contribution in [0.5, 0.6) is 0 Å². The van der Waals surface area contributed by atoms with Crippen LogP contribution in [0.25, 0.3) is 0 Å². The number of nitrogens with one attached hydrogen (secondary N) is 1. The summed E-state index contributed by atoms with van der Waals surface area (Å²) in [4.78, 5) is 24.4. The van der Waals surface area contributed by atoms with Crippen molar-refractivity contribution >= 4 is 11.8 Å². The second kappa shape index (κ2) is 5.70. The van der Waals surface area contributed by atoms with Crippen molar-refractivity contribution in [1.82, 2.24) is 10.2 Å². The molecule has 0 spiro atoms. The largest absolute Gasteiger partial charge is 0.382 e. The van der Waals surface area contributed by atoms with E-state index in [2.05, 4.69) is 5.32 Å². The summed E-state index contributed by atoms with van der Waals surface area (Å²) in [5.41, 5.74) is 0. The smallest absolute Gasteiger partial charge is 0.245 e. The molecule has 1 aliphatic heterocycles. The average molecular weight is 214 g/mol. The first-order valence-electron chi connectivity index (χ1n) is 5.31. The van der Waals surface area contributed by atoms with Gasteiger partial charge < -0.3 is 15.0 Å². The number of carbonyl (C=O) groups is 2. The highest BCUT2D eigenvalue weighted by Gasteiger charge is 2.28. The minimum absolute atomic E-state index is 0.00824. The monoisotopic (exact) mass is 214 g/mol. The summed E-state index contributed by atoms with van der Waals surface area (Å²) in [5, 5.41) is 2.60. The molecule has 5 heteroatoms. The van der Waals surface area contributed by atoms with Crippen LogP contribution in [0.4, 0.5) is 0 Å². The van der Waals surface area contributed by atoms with E-state index in [4.69, 9.17) is 4.74 Å². The van der Waals surface area contributed by atoms with Gasteiger partial charge in [-0.05, 0) is 20.3 Å². The van der Waals surface area contributed by atoms with Crippen molar-refractivity contribution in [2.75, 3.05) is 26.3 Å². The first kappa shape index (κ1) is 12.0. The van der Waals surface area contributed by atoms with Gasteiger partial charge in [0.2, 0.25) is 11.8 Å². The molecule has 0 aromatic heterocycles. The average Bonchev–Trinajstić information content (AvgIpc) is 2.19. The van der Waals surface area contributed by atoms with E-state index in [0.717, 1.165) is 6.42 Å². The third-order valence-electron chi connectivity index (χ3n) is 2.31. The Hall–Kier alpha value is -1.10. The van der Waals surface area contributed by atoms with Crippen LogP contribution in [-0.2, 0) is 14.3 Å². The molecule has 0 radical (unpaired) electrons. The number of carbonyl (C=O) groups excluding carboxylic acids is 2. The zero-order valence-electron chi connectivity index (χ0n) is 9.28. The Labute approximate surface area is 89.8 Å². The molecule has 0 saturated carbocycles. The zero-order valence-corrected chi connectivity index (χ0v) is 9.28. The molecule has 2 amide bonds. The summed E-state index contributed by atoms with van der Waals surface area (Å²) in [6.45, 7) is 5.73. The third kappa shape index (κ3) is 3.51. The number of hydrogen-bond acceptors (Lipinski definition) is 3. The highest BCUT2D eigenvalue weighted by Crippen LogP contribution is 2.02. The van der Waals surface area contributed by atoms with Crippen molar-refractivity contribution in [1.29, 1.82) is 0 Å². The predicted octanol–water partition coefficient (Wildman–Crippen LogP) is -0.240. The molecule has 0 aliphatic carbocycles. The van der Waals surface area contributed by atoms with Gasteiger partial charge in [-0.15, -0.1) is 0 Å². The minimum Gasteiger partial charge on any atom is -0.382 e. The molecule has 1 aliphatic rings. The Morgan fingerprint density at radius 3 is 2.93 bits per heavy atom. The van der Waals surface area contributed by atoms with E-state index in [0.29, 0.717) is 19.8 Å². The fraction of sp³-hybridized carbons (Fsp3) is 0.800. The highest BCUT2D eigenvalue weighted by atomic mass is 16.5. The van der Waals surface area contributed by atoms with Crippen LogP contribution in [0, 0.1) is 0 Å². The summed E-state index contributed by atoms with van der Waals surface area (Å²) in [7, 11) is 0. The molecule has 86 valence electrons. The van der Waals surface area contributed by atoms with Gasteiger partial charge in [-0.2, -0.15) is 0 Å². The van der Waals surface area contributed by atoms with Crippen molar-refractivity contribution in [3.05, 3.63) is 0 Å². The SMILES string of the molecule is CCOCCCN1CC(=O)NC(C)C1=O. The van der Waals surface area contributed by atoms with Crippen molar-refractivity contribution in [3.8, 4) is 0 Å². The van der Waals surface area contributed by atoms with Crippen LogP contribution in [0.1, 0.15) is 20.3 Å². The molecule has 1 heterocycles. The maximum atomic E-state index is 11.6. The fourth-order valence-electron chi connectivity index (χ4n) is 1.57. The van der Waals surface area contributed by atoms with E-state index in [1.807, 2.05) is 6.92 Å². The lowest BCUT2D eigenvalue weighted by atomic mass is 10.2. The van der Waals surface area contributed by atoms with Gasteiger partial charge in [0.15, 0.2) is 0 Å². The molecule has 0 aromatic carbocycles. The molecule has 1 unspecified atom stereocenters. The topological polar surface area (TPSA) is 58.6 Å². The van der Waals surface area contributed by atoms with Crippen molar-refractivity contribution < 1.29 is 14.3 Å². The predicted molar refractivity (Wildman–Crippen MR) is 55.3 cm³/mol. The molecule has 1 saturated heterocycles. The van der Waals surface area contributed by atoms with E-state index < -0.39 is 6.04 Å². The minimum atomic E-state index is -0.390. The first-order valence-corrected chi connectivity index (χ1v) is 5.31. The van der Waals surface area contributed by atoms with Gasteiger partial charge in [-0.3, -0.25) is 9.59 Å². The lowest BCUT2D eigenvalue weighted by Gasteiger charge is -2.30. The van der Waals surface area contributed by atoms with E-state index in [9.17, 15) is 9.59 Å². The molecule has 1 N–H and O–H groups in total. The van der Waals surface area contributed by atoms with E-state index in [1.165, 1.54) is 0 Å². The quantitative estimate of drug-likeness (QED) is 0.643. The molecule has 1 rings (SSSR count). The second-order valence-electron chi connectivity index (χ2n) is 3.60. The summed E-state index contributed by atoms with van der Waals surface area (Å²) in [5.74, 6) is -0.0930. The molecular weight excluding hydrogens is 196 g/mol. The van der Waals surface area contributed by atoms with E-state index in [1.54, 1.807) is 11.8 Å². The van der Waals surface area contributed by atoms with Crippen molar-refractivity contribution in [2.45, 2.75) is 26.3 Å². The van der Waals surface area contributed by atoms with Crippen LogP contribution < -0.4 is 5.32 Å². The van der Waals surface area contributed by atoms with Crippen molar-refractivity contribution in [3.63, 3.8) is 0 Å². The van der Waals surface area contributed by atoms with Gasteiger partial charge >= 0.3 is 0 Å². The number of hydrogen-bond donors (Lipinski definition) is 1. The number of piperazine rings is 1. The summed E-state index contributed by atoms with van der Waals surface area (Å²) >= 11 is 0. The Bertz CT molecular complexity index is 243. The van der Waals surface area contributed by atoms with Gasteiger partial charge in [0, 0.05) is 19.8 Å². The Morgan fingerprint density at radius 1 is 1.53 bits per heavy atom. The molecule has 1 atom stereocenters. The normalized spacial score (nSPS) is 21.7. The highest BCUT2D eigenvalue weighted by molar-refractivity contribution is 5.94. The van der Waals surface area contributed by atoms with E-state index >= 15 is 0 Å². The second-order valence-corrected chi connectivity index (χ2v) is 3.60. The molecule has 0 aromatic rings. The fourth-order valence-corrected chi connectivity index (χ4v) is 1.57. The Kier molecular flexibility index (Phi) is 4.55. The van der Waals surface area contributed by atoms with Crippen LogP contribution in [0.3, 0.4) is 0 Å². The standard InChI is InChI=1S/C10H18N2O3/c1-3-15-6-4-5-12-7-9(13)11-8(2)10(12)14/h8H,3-7H2,1-2H3,(H,11,13). The van der Waals surface area contributed by atoms with Crippen LogP contribution in [0.2, 0.25) is 0 Å².